The highest BCUT2D eigenvalue weighted by Crippen LogP contribution is 2.59. The van der Waals surface area contributed by atoms with E-state index >= 15 is 0 Å². The maximum absolute atomic E-state index is 14.1. The summed E-state index contributed by atoms with van der Waals surface area (Å²) in [5.74, 6) is -1.65. The third kappa shape index (κ3) is 5.28. The van der Waals surface area contributed by atoms with Crippen molar-refractivity contribution in [2.45, 2.75) is 54.8 Å². The average molecular weight is 638 g/mol. The Labute approximate surface area is 246 Å². The molecule has 14 heteroatoms. The minimum Gasteiger partial charge on any atom is -0.346 e. The van der Waals surface area contributed by atoms with Crippen molar-refractivity contribution in [2.24, 2.45) is 5.92 Å². The lowest BCUT2D eigenvalue weighted by Crippen LogP contribution is -2.52. The number of rotatable bonds is 6. The monoisotopic (exact) mass is 637 g/mol. The summed E-state index contributed by atoms with van der Waals surface area (Å²) in [6.07, 6.45) is -1.70. The van der Waals surface area contributed by atoms with Crippen molar-refractivity contribution in [1.29, 1.82) is 0 Å². The Morgan fingerprint density at radius 2 is 1.72 bits per heavy atom. The van der Waals surface area contributed by atoms with Gasteiger partial charge in [-0.2, -0.15) is 13.2 Å². The number of hydrogen-bond donors (Lipinski definition) is 1. The van der Waals surface area contributed by atoms with Crippen molar-refractivity contribution in [2.75, 3.05) is 15.8 Å². The van der Waals surface area contributed by atoms with Crippen LogP contribution in [0.4, 0.5) is 23.2 Å². The van der Waals surface area contributed by atoms with E-state index in [-0.39, 0.29) is 46.4 Å². The molecule has 3 heterocycles. The first-order valence-corrected chi connectivity index (χ1v) is 16.9. The normalized spacial score (nSPS) is 21.0. The number of carbonyl (C=O) groups excluding carboxylic acids is 1. The summed E-state index contributed by atoms with van der Waals surface area (Å²) in [5.41, 5.74) is -1.33. The maximum Gasteiger partial charge on any atom is 0.418 e. The lowest BCUT2D eigenvalue weighted by molar-refractivity contribution is -0.138. The largest absolute Gasteiger partial charge is 0.418 e. The molecule has 0 radical (unpaired) electrons. The van der Waals surface area contributed by atoms with Crippen LogP contribution in [0.5, 0.6) is 0 Å². The van der Waals surface area contributed by atoms with Crippen LogP contribution in [0.15, 0.2) is 65.7 Å². The molecule has 1 saturated carbocycles. The van der Waals surface area contributed by atoms with Gasteiger partial charge in [0.05, 0.1) is 45.9 Å². The third-order valence-electron chi connectivity index (χ3n) is 8.62. The van der Waals surface area contributed by atoms with Crippen LogP contribution in [0.3, 0.4) is 0 Å². The van der Waals surface area contributed by atoms with Gasteiger partial charge in [0.1, 0.15) is 15.7 Å². The molecule has 1 saturated heterocycles. The van der Waals surface area contributed by atoms with Gasteiger partial charge in [0, 0.05) is 17.2 Å². The van der Waals surface area contributed by atoms with E-state index < -0.39 is 61.3 Å². The number of sulfone groups is 1. The molecular weight excluding hydrogens is 610 g/mol. The standard InChI is InChI=1S/C29H27F4N3O5S2/c30-20-6-8-21(9-7-20)43(40,41)36-25-10-5-19(27(37)35-17-24-22(29(31,32)33)2-1-13-34-24)16-23(25)28(26(36)18-3-4-18)11-14-42(38,39)15-12-28/h1-2,5-10,13,16,18,26H,3-4,11-12,14-15,17H2,(H,35,37). The summed E-state index contributed by atoms with van der Waals surface area (Å²) in [6, 6.07) is 10.3. The fourth-order valence-electron chi connectivity index (χ4n) is 6.43. The molecule has 3 aromatic rings. The van der Waals surface area contributed by atoms with Gasteiger partial charge in [0.25, 0.3) is 15.9 Å². The molecule has 1 aliphatic carbocycles. The number of hydrogen-bond acceptors (Lipinski definition) is 6. The number of nitrogens with zero attached hydrogens (tertiary/aromatic N) is 2. The maximum atomic E-state index is 14.1. The first-order valence-electron chi connectivity index (χ1n) is 13.7. The van der Waals surface area contributed by atoms with E-state index in [0.29, 0.717) is 11.3 Å². The number of fused-ring (bicyclic) bond motifs is 2. The Morgan fingerprint density at radius 3 is 2.35 bits per heavy atom. The molecule has 6 rings (SSSR count). The Bertz CT molecular complexity index is 1790. The number of alkyl halides is 3. The zero-order chi connectivity index (χ0) is 30.8. The van der Waals surface area contributed by atoms with Gasteiger partial charge in [-0.05, 0) is 91.8 Å². The van der Waals surface area contributed by atoms with Gasteiger partial charge in [0.15, 0.2) is 0 Å². The van der Waals surface area contributed by atoms with E-state index in [4.69, 9.17) is 0 Å². The third-order valence-corrected chi connectivity index (χ3v) is 12.1. The van der Waals surface area contributed by atoms with Crippen molar-refractivity contribution < 1.29 is 39.2 Å². The first-order chi connectivity index (χ1) is 20.2. The fourth-order valence-corrected chi connectivity index (χ4v) is 9.78. The fraction of sp³-hybridized carbons (Fsp3) is 0.379. The van der Waals surface area contributed by atoms with Gasteiger partial charge in [-0.1, -0.05) is 0 Å². The average Bonchev–Trinajstić information content (AvgIpc) is 3.76. The smallest absolute Gasteiger partial charge is 0.346 e. The topological polar surface area (TPSA) is 114 Å². The van der Waals surface area contributed by atoms with Crippen LogP contribution < -0.4 is 9.62 Å². The molecule has 43 heavy (non-hydrogen) atoms. The second-order valence-corrected chi connectivity index (χ2v) is 15.4. The predicted octanol–water partition coefficient (Wildman–Crippen LogP) is 4.60. The molecule has 0 bridgehead atoms. The second-order valence-electron chi connectivity index (χ2n) is 11.3. The van der Waals surface area contributed by atoms with Crippen LogP contribution in [-0.2, 0) is 38.0 Å². The highest BCUT2D eigenvalue weighted by Gasteiger charge is 2.60. The number of anilines is 1. The molecule has 1 N–H and O–H groups in total. The second kappa shape index (κ2) is 10.3. The highest BCUT2D eigenvalue weighted by molar-refractivity contribution is 7.93. The molecule has 1 amide bonds. The van der Waals surface area contributed by atoms with Crippen molar-refractivity contribution in [3.8, 4) is 0 Å². The van der Waals surface area contributed by atoms with Crippen molar-refractivity contribution >= 4 is 31.5 Å². The van der Waals surface area contributed by atoms with Crippen LogP contribution in [0.1, 0.15) is 52.9 Å². The van der Waals surface area contributed by atoms with Crippen LogP contribution >= 0.6 is 0 Å². The van der Waals surface area contributed by atoms with Crippen LogP contribution in [-0.4, -0.2) is 45.3 Å². The Kier molecular flexibility index (Phi) is 7.07. The van der Waals surface area contributed by atoms with E-state index in [0.717, 1.165) is 37.1 Å². The number of pyridine rings is 1. The molecular formula is C29H27F4N3O5S2. The molecule has 2 fully saturated rings. The van der Waals surface area contributed by atoms with Gasteiger partial charge in [-0.3, -0.25) is 14.1 Å². The van der Waals surface area contributed by atoms with Crippen LogP contribution in [0.2, 0.25) is 0 Å². The Hall–Kier alpha value is -3.52. The summed E-state index contributed by atoms with van der Waals surface area (Å²) in [6.45, 7) is -0.495. The SMILES string of the molecule is O=C(NCc1ncccc1C(F)(F)F)c1ccc2c(c1)C1(CCS(=O)(=O)CC1)C(C1CC1)N2S(=O)(=O)c1ccc(F)cc1. The number of aromatic nitrogens is 1. The zero-order valence-electron chi connectivity index (χ0n) is 22.6. The molecule has 8 nitrogen and oxygen atoms in total. The number of carbonyl (C=O) groups is 1. The lowest BCUT2D eigenvalue weighted by atomic mass is 9.70. The van der Waals surface area contributed by atoms with Gasteiger partial charge < -0.3 is 5.32 Å². The number of benzene rings is 2. The molecule has 1 unspecified atom stereocenters. The van der Waals surface area contributed by atoms with Crippen molar-refractivity contribution in [3.05, 3.63) is 89.0 Å². The van der Waals surface area contributed by atoms with Crippen molar-refractivity contribution in [3.63, 3.8) is 0 Å². The zero-order valence-corrected chi connectivity index (χ0v) is 24.3. The number of sulfonamides is 1. The van der Waals surface area contributed by atoms with E-state index in [1.54, 1.807) is 0 Å². The minimum atomic E-state index is -4.66. The summed E-state index contributed by atoms with van der Waals surface area (Å²) < 4.78 is 108. The van der Waals surface area contributed by atoms with Gasteiger partial charge in [0.2, 0.25) is 0 Å². The van der Waals surface area contributed by atoms with Gasteiger partial charge in [-0.25, -0.2) is 21.2 Å². The summed E-state index contributed by atoms with van der Waals surface area (Å²) in [5, 5.41) is 2.48. The Balaban J connectivity index is 1.41. The summed E-state index contributed by atoms with van der Waals surface area (Å²) in [4.78, 5) is 16.9. The molecule has 2 aliphatic heterocycles. The van der Waals surface area contributed by atoms with Gasteiger partial charge in [-0.15, -0.1) is 0 Å². The number of amides is 1. The molecule has 1 spiro atoms. The highest BCUT2D eigenvalue weighted by atomic mass is 32.2. The van der Waals surface area contributed by atoms with E-state index in [9.17, 15) is 39.2 Å². The number of nitrogens with one attached hydrogen (secondary N) is 1. The van der Waals surface area contributed by atoms with Gasteiger partial charge >= 0.3 is 6.18 Å². The summed E-state index contributed by atoms with van der Waals surface area (Å²) >= 11 is 0. The molecule has 2 aromatic carbocycles. The molecule has 1 aromatic heterocycles. The molecule has 228 valence electrons. The first kappa shape index (κ1) is 29.5. The van der Waals surface area contributed by atoms with E-state index in [2.05, 4.69) is 10.3 Å². The minimum absolute atomic E-state index is 0.0503. The molecule has 1 atom stereocenters. The predicted molar refractivity (Wildman–Crippen MR) is 149 cm³/mol. The van der Waals surface area contributed by atoms with Crippen LogP contribution in [0.25, 0.3) is 0 Å². The van der Waals surface area contributed by atoms with E-state index in [1.807, 2.05) is 0 Å². The quantitative estimate of drug-likeness (QED) is 0.396. The molecule has 3 aliphatic rings. The lowest BCUT2D eigenvalue weighted by Gasteiger charge is -2.41. The van der Waals surface area contributed by atoms with Crippen LogP contribution in [0, 0.1) is 11.7 Å². The summed E-state index contributed by atoms with van der Waals surface area (Å²) in [7, 11) is -7.58. The number of halogens is 4. The van der Waals surface area contributed by atoms with E-state index in [1.165, 1.54) is 40.8 Å². The Morgan fingerprint density at radius 1 is 1.05 bits per heavy atom. The van der Waals surface area contributed by atoms with Crippen molar-refractivity contribution in [1.82, 2.24) is 10.3 Å².